The lowest BCUT2D eigenvalue weighted by Crippen LogP contribution is -2.45. The molecule has 1 atom stereocenters. The average Bonchev–Trinajstić information content (AvgIpc) is 2.44. The van der Waals surface area contributed by atoms with Crippen LogP contribution in [0.1, 0.15) is 20.3 Å². The molecule has 2 amide bonds. The Morgan fingerprint density at radius 1 is 1.05 bits per heavy atom. The number of amides is 2. The molecule has 19 heavy (non-hydrogen) atoms. The van der Waals surface area contributed by atoms with Crippen LogP contribution < -0.4 is 10.6 Å². The van der Waals surface area contributed by atoms with Crippen LogP contribution in [-0.4, -0.2) is 58.1 Å². The van der Waals surface area contributed by atoms with Crippen molar-refractivity contribution in [3.05, 3.63) is 0 Å². The summed E-state index contributed by atoms with van der Waals surface area (Å²) in [6.07, 6.45) is 0.0879. The summed E-state index contributed by atoms with van der Waals surface area (Å²) in [5.41, 5.74) is -0.837. The Bertz CT molecular complexity index is 285. The van der Waals surface area contributed by atoms with Crippen LogP contribution in [0.3, 0.4) is 0 Å². The first-order chi connectivity index (χ1) is 9.00. The number of hydrogen-bond donors (Lipinski definition) is 2. The van der Waals surface area contributed by atoms with Crippen molar-refractivity contribution in [2.24, 2.45) is 0 Å². The molecule has 0 rings (SSSR count). The molecule has 0 aromatic carbocycles. The van der Waals surface area contributed by atoms with Crippen LogP contribution >= 0.6 is 0 Å². The number of rotatable bonds is 9. The highest BCUT2D eigenvalue weighted by Crippen LogP contribution is 2.14. The second-order valence-electron chi connectivity index (χ2n) is 4.01. The van der Waals surface area contributed by atoms with Crippen LogP contribution in [0.5, 0.6) is 0 Å². The van der Waals surface area contributed by atoms with Crippen LogP contribution in [0.25, 0.3) is 0 Å². The summed E-state index contributed by atoms with van der Waals surface area (Å²) >= 11 is 0. The van der Waals surface area contributed by atoms with Gasteiger partial charge < -0.3 is 24.8 Å². The predicted octanol–water partition coefficient (Wildman–Crippen LogP) is 0.290. The molecular formula is C12H24N2O5. The van der Waals surface area contributed by atoms with E-state index in [0.29, 0.717) is 26.2 Å². The van der Waals surface area contributed by atoms with Crippen molar-refractivity contribution in [1.82, 2.24) is 10.6 Å². The van der Waals surface area contributed by atoms with Gasteiger partial charge in [-0.15, -0.1) is 0 Å². The summed E-state index contributed by atoms with van der Waals surface area (Å²) in [5, 5.41) is 4.90. The van der Waals surface area contributed by atoms with Crippen LogP contribution in [-0.2, 0) is 19.0 Å². The molecule has 7 nitrogen and oxygen atoms in total. The van der Waals surface area contributed by atoms with Crippen molar-refractivity contribution in [1.29, 1.82) is 0 Å². The minimum atomic E-state index is -0.837. The maximum Gasteiger partial charge on any atom is 0.406 e. The molecular weight excluding hydrogens is 252 g/mol. The molecule has 1 unspecified atom stereocenters. The summed E-state index contributed by atoms with van der Waals surface area (Å²) < 4.78 is 15.5. The molecule has 0 saturated heterocycles. The van der Waals surface area contributed by atoms with Crippen LogP contribution in [0.4, 0.5) is 4.79 Å². The molecule has 0 fully saturated rings. The zero-order chi connectivity index (χ0) is 14.7. The molecule has 112 valence electrons. The predicted molar refractivity (Wildman–Crippen MR) is 69.9 cm³/mol. The van der Waals surface area contributed by atoms with Crippen molar-refractivity contribution >= 4 is 12.0 Å². The summed E-state index contributed by atoms with van der Waals surface area (Å²) in [4.78, 5) is 22.3. The fourth-order valence-electron chi connectivity index (χ4n) is 1.29. The molecule has 0 spiro atoms. The van der Waals surface area contributed by atoms with Crippen LogP contribution in [0.2, 0.25) is 0 Å². The monoisotopic (exact) mass is 276 g/mol. The lowest BCUT2D eigenvalue weighted by molar-refractivity contribution is -0.147. The number of hydrogen-bond acceptors (Lipinski definition) is 5. The van der Waals surface area contributed by atoms with Gasteiger partial charge in [0.1, 0.15) is 12.2 Å². The number of carbonyl (C=O) groups excluding carboxylic acids is 2. The third-order valence-corrected chi connectivity index (χ3v) is 2.70. The molecule has 0 aliphatic rings. The maximum absolute atomic E-state index is 11.6. The van der Waals surface area contributed by atoms with Gasteiger partial charge in [0.2, 0.25) is 0 Å². The molecule has 0 heterocycles. The Hall–Kier alpha value is -1.34. The number of alkyl carbamates (subject to hydrolysis) is 1. The van der Waals surface area contributed by atoms with E-state index in [1.54, 1.807) is 14.0 Å². The van der Waals surface area contributed by atoms with Gasteiger partial charge in [-0.05, 0) is 13.3 Å². The van der Waals surface area contributed by atoms with Gasteiger partial charge in [-0.1, -0.05) is 6.92 Å². The largest absolute Gasteiger partial charge is 0.447 e. The van der Waals surface area contributed by atoms with Gasteiger partial charge in [-0.25, -0.2) is 4.79 Å². The topological polar surface area (TPSA) is 85.9 Å². The van der Waals surface area contributed by atoms with E-state index >= 15 is 0 Å². The second-order valence-corrected chi connectivity index (χ2v) is 4.01. The van der Waals surface area contributed by atoms with Gasteiger partial charge >= 0.3 is 6.09 Å². The first-order valence-electron chi connectivity index (χ1n) is 6.28. The molecule has 7 heteroatoms. The zero-order valence-corrected chi connectivity index (χ0v) is 12.1. The molecule has 0 aliphatic heterocycles. The fourth-order valence-corrected chi connectivity index (χ4v) is 1.29. The van der Waals surface area contributed by atoms with E-state index in [1.165, 1.54) is 7.05 Å². The number of likely N-dealkylation sites (N-methyl/N-ethyl adjacent to an activating group) is 1. The summed E-state index contributed by atoms with van der Waals surface area (Å²) in [7, 11) is 3.06. The molecule has 0 aromatic heterocycles. The summed E-state index contributed by atoms with van der Waals surface area (Å²) in [5.74, 6) is -0.155. The van der Waals surface area contributed by atoms with Crippen molar-refractivity contribution in [3.8, 4) is 0 Å². The minimum Gasteiger partial charge on any atom is -0.447 e. The minimum absolute atomic E-state index is 0.155. The second kappa shape index (κ2) is 9.57. The summed E-state index contributed by atoms with van der Waals surface area (Å²) in [6, 6.07) is 0. The molecule has 0 saturated carbocycles. The van der Waals surface area contributed by atoms with Gasteiger partial charge in [0.05, 0.1) is 19.8 Å². The van der Waals surface area contributed by atoms with Crippen molar-refractivity contribution in [2.45, 2.75) is 25.9 Å². The molecule has 0 aromatic rings. The van der Waals surface area contributed by atoms with E-state index in [4.69, 9.17) is 14.2 Å². The lowest BCUT2D eigenvalue weighted by Gasteiger charge is -2.26. The highest BCUT2D eigenvalue weighted by Gasteiger charge is 2.31. The lowest BCUT2D eigenvalue weighted by atomic mass is 10.0. The Balaban J connectivity index is 3.67. The van der Waals surface area contributed by atoms with Crippen LogP contribution in [0, 0.1) is 0 Å². The van der Waals surface area contributed by atoms with E-state index in [-0.39, 0.29) is 12.5 Å². The van der Waals surface area contributed by atoms with E-state index in [0.717, 1.165) is 0 Å². The molecule has 0 bridgehead atoms. The number of nitrogens with one attached hydrogen (secondary N) is 2. The first-order valence-corrected chi connectivity index (χ1v) is 6.28. The highest BCUT2D eigenvalue weighted by molar-refractivity contribution is 5.84. The van der Waals surface area contributed by atoms with Gasteiger partial charge in [0, 0.05) is 14.1 Å². The first kappa shape index (κ1) is 17.7. The zero-order valence-electron chi connectivity index (χ0n) is 12.1. The van der Waals surface area contributed by atoms with E-state index in [2.05, 4.69) is 10.6 Å². The quantitative estimate of drug-likeness (QED) is 0.591. The summed E-state index contributed by atoms with van der Waals surface area (Å²) in [6.45, 7) is 4.73. The van der Waals surface area contributed by atoms with Crippen molar-refractivity contribution < 1.29 is 23.8 Å². The third kappa shape index (κ3) is 6.97. The Kier molecular flexibility index (Phi) is 8.90. The van der Waals surface area contributed by atoms with Crippen molar-refractivity contribution in [2.75, 3.05) is 40.5 Å². The maximum atomic E-state index is 11.6. The third-order valence-electron chi connectivity index (χ3n) is 2.70. The highest BCUT2D eigenvalue weighted by atomic mass is 16.6. The smallest absolute Gasteiger partial charge is 0.406 e. The van der Waals surface area contributed by atoms with Gasteiger partial charge in [-0.3, -0.25) is 4.79 Å². The Morgan fingerprint density at radius 2 is 1.68 bits per heavy atom. The Morgan fingerprint density at radius 3 is 2.21 bits per heavy atom. The number of carbonyl (C=O) groups is 2. The number of ether oxygens (including phenoxy) is 3. The standard InChI is InChI=1S/C12H24N2O5/c1-5-12(2,10(15)13-3)19-9-7-17-6-8-18-11(16)14-4/h5-9H2,1-4H3,(H,13,15)(H,14,16). The normalized spacial score (nSPS) is 13.5. The van der Waals surface area contributed by atoms with Gasteiger partial charge in [0.25, 0.3) is 5.91 Å². The molecule has 0 radical (unpaired) electrons. The van der Waals surface area contributed by atoms with Gasteiger partial charge in [-0.2, -0.15) is 0 Å². The molecule has 2 N–H and O–H groups in total. The molecule has 0 aliphatic carbocycles. The van der Waals surface area contributed by atoms with E-state index in [9.17, 15) is 9.59 Å². The fraction of sp³-hybridized carbons (Fsp3) is 0.833. The van der Waals surface area contributed by atoms with E-state index < -0.39 is 11.7 Å². The van der Waals surface area contributed by atoms with Crippen LogP contribution in [0.15, 0.2) is 0 Å². The van der Waals surface area contributed by atoms with Gasteiger partial charge in [0.15, 0.2) is 0 Å². The Labute approximate surface area is 114 Å². The van der Waals surface area contributed by atoms with E-state index in [1.807, 2.05) is 6.92 Å². The average molecular weight is 276 g/mol. The SMILES string of the molecule is CCC(C)(OCCOCCOC(=O)NC)C(=O)NC. The van der Waals surface area contributed by atoms with Crippen molar-refractivity contribution in [3.63, 3.8) is 0 Å².